The third-order valence-corrected chi connectivity index (χ3v) is 5.75. The standard InChI is InChI=1S/C17H21NO3S/c1-13-10-11-16(21-4)17(12-13)22(19,20)18(3)14(2)15-8-6-5-7-9-15/h5-12,14H,1-4H3/t14-/m0/s1. The van der Waals surface area contributed by atoms with Crippen molar-refractivity contribution in [1.82, 2.24) is 4.31 Å². The molecule has 0 bridgehead atoms. The van der Waals surface area contributed by atoms with Gasteiger partial charge >= 0.3 is 0 Å². The summed E-state index contributed by atoms with van der Waals surface area (Å²) >= 11 is 0. The van der Waals surface area contributed by atoms with Crippen molar-refractivity contribution in [3.63, 3.8) is 0 Å². The first-order valence-electron chi connectivity index (χ1n) is 7.05. The van der Waals surface area contributed by atoms with E-state index < -0.39 is 10.0 Å². The maximum atomic E-state index is 12.9. The Bertz CT molecular complexity index is 742. The van der Waals surface area contributed by atoms with E-state index >= 15 is 0 Å². The van der Waals surface area contributed by atoms with Crippen molar-refractivity contribution in [1.29, 1.82) is 0 Å². The summed E-state index contributed by atoms with van der Waals surface area (Å²) < 4.78 is 32.4. The molecular weight excluding hydrogens is 298 g/mol. The topological polar surface area (TPSA) is 46.6 Å². The first-order chi connectivity index (χ1) is 10.4. The van der Waals surface area contributed by atoms with E-state index in [1.807, 2.05) is 50.2 Å². The summed E-state index contributed by atoms with van der Waals surface area (Å²) in [6, 6.07) is 14.4. The van der Waals surface area contributed by atoms with E-state index in [0.29, 0.717) is 5.75 Å². The number of nitrogens with zero attached hydrogens (tertiary/aromatic N) is 1. The molecule has 0 N–H and O–H groups in total. The Kier molecular flexibility index (Phi) is 4.88. The smallest absolute Gasteiger partial charge is 0.247 e. The molecule has 0 radical (unpaired) electrons. The fraction of sp³-hybridized carbons (Fsp3) is 0.294. The maximum absolute atomic E-state index is 12.9. The lowest BCUT2D eigenvalue weighted by atomic mass is 10.1. The van der Waals surface area contributed by atoms with Crippen LogP contribution in [-0.4, -0.2) is 26.9 Å². The molecule has 0 spiro atoms. The van der Waals surface area contributed by atoms with Crippen LogP contribution < -0.4 is 4.74 Å². The van der Waals surface area contributed by atoms with Crippen molar-refractivity contribution in [3.05, 3.63) is 59.7 Å². The van der Waals surface area contributed by atoms with Gasteiger partial charge in [0.1, 0.15) is 10.6 Å². The molecule has 0 fully saturated rings. The summed E-state index contributed by atoms with van der Waals surface area (Å²) in [5.41, 5.74) is 1.82. The fourth-order valence-electron chi connectivity index (χ4n) is 2.29. The normalized spacial score (nSPS) is 13.1. The van der Waals surface area contributed by atoms with Crippen LogP contribution in [0.25, 0.3) is 0 Å². The van der Waals surface area contributed by atoms with E-state index in [1.54, 1.807) is 19.2 Å². The lowest BCUT2D eigenvalue weighted by Crippen LogP contribution is -2.30. The fourth-order valence-corrected chi connectivity index (χ4v) is 3.88. The number of aryl methyl sites for hydroxylation is 1. The Labute approximate surface area is 132 Å². The zero-order valence-electron chi connectivity index (χ0n) is 13.3. The van der Waals surface area contributed by atoms with E-state index in [-0.39, 0.29) is 10.9 Å². The number of ether oxygens (including phenoxy) is 1. The molecule has 0 aliphatic rings. The molecule has 0 unspecified atom stereocenters. The molecule has 0 aliphatic carbocycles. The van der Waals surface area contributed by atoms with E-state index in [1.165, 1.54) is 11.4 Å². The molecule has 0 saturated heterocycles. The molecule has 2 aromatic carbocycles. The van der Waals surface area contributed by atoms with E-state index in [9.17, 15) is 8.42 Å². The van der Waals surface area contributed by atoms with E-state index in [0.717, 1.165) is 11.1 Å². The quantitative estimate of drug-likeness (QED) is 0.848. The Morgan fingerprint density at radius 3 is 2.32 bits per heavy atom. The van der Waals surface area contributed by atoms with Crippen LogP contribution in [0.3, 0.4) is 0 Å². The molecule has 2 rings (SSSR count). The Morgan fingerprint density at radius 1 is 1.09 bits per heavy atom. The molecule has 0 aliphatic heterocycles. The highest BCUT2D eigenvalue weighted by Gasteiger charge is 2.29. The number of benzene rings is 2. The first-order valence-corrected chi connectivity index (χ1v) is 8.49. The van der Waals surface area contributed by atoms with Crippen LogP contribution >= 0.6 is 0 Å². The number of rotatable bonds is 5. The van der Waals surface area contributed by atoms with Crippen LogP contribution in [-0.2, 0) is 10.0 Å². The molecule has 0 amide bonds. The highest BCUT2D eigenvalue weighted by atomic mass is 32.2. The van der Waals surface area contributed by atoms with Gasteiger partial charge in [-0.05, 0) is 37.1 Å². The number of hydrogen-bond donors (Lipinski definition) is 0. The van der Waals surface area contributed by atoms with Crippen molar-refractivity contribution >= 4 is 10.0 Å². The van der Waals surface area contributed by atoms with Gasteiger partial charge in [0.05, 0.1) is 7.11 Å². The van der Waals surface area contributed by atoms with Crippen LogP contribution in [0.2, 0.25) is 0 Å². The van der Waals surface area contributed by atoms with Crippen LogP contribution in [0.4, 0.5) is 0 Å². The van der Waals surface area contributed by atoms with Crippen molar-refractivity contribution in [2.75, 3.05) is 14.2 Å². The van der Waals surface area contributed by atoms with Crippen molar-refractivity contribution < 1.29 is 13.2 Å². The Hall–Kier alpha value is -1.85. The summed E-state index contributed by atoms with van der Waals surface area (Å²) in [6.07, 6.45) is 0. The highest BCUT2D eigenvalue weighted by Crippen LogP contribution is 2.31. The van der Waals surface area contributed by atoms with Gasteiger partial charge in [-0.25, -0.2) is 8.42 Å². The van der Waals surface area contributed by atoms with Crippen molar-refractivity contribution in [3.8, 4) is 5.75 Å². The zero-order chi connectivity index (χ0) is 16.3. The first kappa shape index (κ1) is 16.5. The van der Waals surface area contributed by atoms with Gasteiger partial charge < -0.3 is 4.74 Å². The SMILES string of the molecule is COc1ccc(C)cc1S(=O)(=O)N(C)[C@@H](C)c1ccccc1. The number of hydrogen-bond acceptors (Lipinski definition) is 3. The average molecular weight is 319 g/mol. The van der Waals surface area contributed by atoms with Gasteiger partial charge in [-0.2, -0.15) is 4.31 Å². The lowest BCUT2D eigenvalue weighted by molar-refractivity contribution is 0.382. The monoisotopic (exact) mass is 319 g/mol. The molecular formula is C17H21NO3S. The third-order valence-electron chi connectivity index (χ3n) is 3.80. The minimum absolute atomic E-state index is 0.195. The van der Waals surface area contributed by atoms with Gasteiger partial charge in [0.2, 0.25) is 10.0 Å². The second kappa shape index (κ2) is 6.50. The van der Waals surface area contributed by atoms with Crippen molar-refractivity contribution in [2.24, 2.45) is 0 Å². The predicted octanol–water partition coefficient (Wildman–Crippen LogP) is 3.39. The summed E-state index contributed by atoms with van der Waals surface area (Å²) in [7, 11) is -0.575. The summed E-state index contributed by atoms with van der Waals surface area (Å²) in [5, 5.41) is 0. The third kappa shape index (κ3) is 3.15. The zero-order valence-corrected chi connectivity index (χ0v) is 14.1. The number of sulfonamides is 1. The highest BCUT2D eigenvalue weighted by molar-refractivity contribution is 7.89. The van der Waals surface area contributed by atoms with Gasteiger partial charge in [0.25, 0.3) is 0 Å². The molecule has 5 heteroatoms. The second-order valence-electron chi connectivity index (χ2n) is 5.26. The molecule has 22 heavy (non-hydrogen) atoms. The van der Waals surface area contributed by atoms with Crippen LogP contribution in [0.5, 0.6) is 5.75 Å². The average Bonchev–Trinajstić information content (AvgIpc) is 2.54. The molecule has 118 valence electrons. The maximum Gasteiger partial charge on any atom is 0.247 e. The van der Waals surface area contributed by atoms with Crippen LogP contribution in [0.15, 0.2) is 53.4 Å². The molecule has 0 saturated carbocycles. The van der Waals surface area contributed by atoms with Gasteiger partial charge in [-0.1, -0.05) is 36.4 Å². The molecule has 0 aromatic heterocycles. The van der Waals surface area contributed by atoms with Gasteiger partial charge in [0, 0.05) is 13.1 Å². The summed E-state index contributed by atoms with van der Waals surface area (Å²) in [4.78, 5) is 0.195. The molecule has 0 heterocycles. The largest absolute Gasteiger partial charge is 0.495 e. The van der Waals surface area contributed by atoms with Gasteiger partial charge in [-0.15, -0.1) is 0 Å². The van der Waals surface area contributed by atoms with Gasteiger partial charge in [0.15, 0.2) is 0 Å². The summed E-state index contributed by atoms with van der Waals surface area (Å²) in [6.45, 7) is 3.73. The lowest BCUT2D eigenvalue weighted by Gasteiger charge is -2.25. The number of methoxy groups -OCH3 is 1. The van der Waals surface area contributed by atoms with Gasteiger partial charge in [-0.3, -0.25) is 0 Å². The second-order valence-corrected chi connectivity index (χ2v) is 7.23. The van der Waals surface area contributed by atoms with E-state index in [2.05, 4.69) is 0 Å². The molecule has 1 atom stereocenters. The minimum atomic E-state index is -3.64. The van der Waals surface area contributed by atoms with Crippen LogP contribution in [0.1, 0.15) is 24.1 Å². The van der Waals surface area contributed by atoms with Crippen molar-refractivity contribution in [2.45, 2.75) is 24.8 Å². The predicted molar refractivity (Wildman–Crippen MR) is 87.5 cm³/mol. The summed E-state index contributed by atoms with van der Waals surface area (Å²) in [5.74, 6) is 0.359. The minimum Gasteiger partial charge on any atom is -0.495 e. The molecule has 2 aromatic rings. The van der Waals surface area contributed by atoms with E-state index in [4.69, 9.17) is 4.74 Å². The van der Waals surface area contributed by atoms with Crippen LogP contribution in [0, 0.1) is 6.92 Å². The Balaban J connectivity index is 2.44. The Morgan fingerprint density at radius 2 is 1.73 bits per heavy atom. The molecule has 4 nitrogen and oxygen atoms in total.